The quantitative estimate of drug-likeness (QED) is 0.876. The van der Waals surface area contributed by atoms with E-state index in [1.54, 1.807) is 6.26 Å². The lowest BCUT2D eigenvalue weighted by atomic mass is 10.1. The molecule has 118 valence electrons. The molecule has 1 fully saturated rings. The minimum absolute atomic E-state index is 0.102. The molecular formula is C17H28N2O2. The van der Waals surface area contributed by atoms with Gasteiger partial charge in [0.05, 0.1) is 12.3 Å². The molecular weight excluding hydrogens is 264 g/mol. The summed E-state index contributed by atoms with van der Waals surface area (Å²) in [6.07, 6.45) is 8.39. The standard InChI is InChI=1S/C17H28N2O2/c1-14(9-10-16-8-7-13-21-16)18-15(2)17(20)19-11-5-3-4-6-12-19/h7-8,13-15,18H,3-6,9-12H2,1-2H3. The summed E-state index contributed by atoms with van der Waals surface area (Å²) < 4.78 is 5.34. The van der Waals surface area contributed by atoms with E-state index in [1.165, 1.54) is 12.8 Å². The summed E-state index contributed by atoms with van der Waals surface area (Å²) in [6, 6.07) is 4.12. The smallest absolute Gasteiger partial charge is 0.239 e. The summed E-state index contributed by atoms with van der Waals surface area (Å²) in [6.45, 7) is 5.96. The fourth-order valence-corrected chi connectivity index (χ4v) is 2.96. The minimum Gasteiger partial charge on any atom is -0.469 e. The molecule has 4 nitrogen and oxygen atoms in total. The Bertz CT molecular complexity index is 408. The maximum absolute atomic E-state index is 12.5. The number of amides is 1. The van der Waals surface area contributed by atoms with Crippen molar-refractivity contribution in [3.63, 3.8) is 0 Å². The fourth-order valence-electron chi connectivity index (χ4n) is 2.96. The molecule has 0 aliphatic carbocycles. The van der Waals surface area contributed by atoms with E-state index >= 15 is 0 Å². The number of carbonyl (C=O) groups excluding carboxylic acids is 1. The molecule has 2 heterocycles. The maximum Gasteiger partial charge on any atom is 0.239 e. The number of nitrogens with zero attached hydrogens (tertiary/aromatic N) is 1. The number of aryl methyl sites for hydroxylation is 1. The van der Waals surface area contributed by atoms with Crippen LogP contribution in [0.2, 0.25) is 0 Å². The summed E-state index contributed by atoms with van der Waals surface area (Å²) >= 11 is 0. The average Bonchev–Trinajstić information content (AvgIpc) is 2.85. The Morgan fingerprint density at radius 1 is 1.29 bits per heavy atom. The molecule has 1 aliphatic rings. The van der Waals surface area contributed by atoms with E-state index in [9.17, 15) is 4.79 Å². The highest BCUT2D eigenvalue weighted by atomic mass is 16.3. The molecule has 1 saturated heterocycles. The number of carbonyl (C=O) groups is 1. The molecule has 4 heteroatoms. The second kappa shape index (κ2) is 8.23. The Morgan fingerprint density at radius 3 is 2.62 bits per heavy atom. The predicted molar refractivity (Wildman–Crippen MR) is 84.1 cm³/mol. The first-order chi connectivity index (χ1) is 10.2. The van der Waals surface area contributed by atoms with Gasteiger partial charge in [-0.15, -0.1) is 0 Å². The maximum atomic E-state index is 12.5. The van der Waals surface area contributed by atoms with Crippen LogP contribution in [0.5, 0.6) is 0 Å². The predicted octanol–water partition coefficient (Wildman–Crippen LogP) is 2.98. The molecule has 0 radical (unpaired) electrons. The SMILES string of the molecule is CC(CCc1ccco1)NC(C)C(=O)N1CCCCCC1. The first-order valence-electron chi connectivity index (χ1n) is 8.24. The highest BCUT2D eigenvalue weighted by Gasteiger charge is 2.22. The highest BCUT2D eigenvalue weighted by molar-refractivity contribution is 5.81. The Labute approximate surface area is 127 Å². The van der Waals surface area contributed by atoms with Gasteiger partial charge in [-0.3, -0.25) is 4.79 Å². The van der Waals surface area contributed by atoms with Crippen LogP contribution in [0.4, 0.5) is 0 Å². The van der Waals surface area contributed by atoms with Gasteiger partial charge in [0.2, 0.25) is 5.91 Å². The topological polar surface area (TPSA) is 45.5 Å². The Balaban J connectivity index is 1.73. The fraction of sp³-hybridized carbons (Fsp3) is 0.706. The van der Waals surface area contributed by atoms with E-state index in [1.807, 2.05) is 24.0 Å². The number of hydrogen-bond donors (Lipinski definition) is 1. The van der Waals surface area contributed by atoms with Crippen LogP contribution in [0, 0.1) is 0 Å². The summed E-state index contributed by atoms with van der Waals surface area (Å²) in [5.74, 6) is 1.26. The Hall–Kier alpha value is -1.29. The zero-order valence-electron chi connectivity index (χ0n) is 13.3. The van der Waals surface area contributed by atoms with Crippen LogP contribution in [0.1, 0.15) is 51.7 Å². The molecule has 1 amide bonds. The van der Waals surface area contributed by atoms with Crippen molar-refractivity contribution in [2.75, 3.05) is 13.1 Å². The van der Waals surface area contributed by atoms with Crippen molar-refractivity contribution in [3.05, 3.63) is 24.2 Å². The lowest BCUT2D eigenvalue weighted by molar-refractivity contribution is -0.133. The second-order valence-corrected chi connectivity index (χ2v) is 6.15. The first-order valence-corrected chi connectivity index (χ1v) is 8.24. The molecule has 21 heavy (non-hydrogen) atoms. The van der Waals surface area contributed by atoms with Crippen molar-refractivity contribution in [1.82, 2.24) is 10.2 Å². The van der Waals surface area contributed by atoms with Gasteiger partial charge < -0.3 is 14.6 Å². The van der Waals surface area contributed by atoms with Gasteiger partial charge in [-0.05, 0) is 45.2 Å². The first kappa shape index (κ1) is 16.1. The molecule has 0 saturated carbocycles. The van der Waals surface area contributed by atoms with Gasteiger partial charge in [0.1, 0.15) is 5.76 Å². The van der Waals surface area contributed by atoms with Crippen LogP contribution in [-0.4, -0.2) is 36.0 Å². The van der Waals surface area contributed by atoms with Crippen molar-refractivity contribution >= 4 is 5.91 Å². The number of likely N-dealkylation sites (tertiary alicyclic amines) is 1. The third kappa shape index (κ3) is 5.20. The molecule has 1 N–H and O–H groups in total. The zero-order valence-corrected chi connectivity index (χ0v) is 13.3. The molecule has 0 bridgehead atoms. The van der Waals surface area contributed by atoms with Crippen LogP contribution in [0.3, 0.4) is 0 Å². The van der Waals surface area contributed by atoms with E-state index in [0.717, 1.165) is 44.5 Å². The van der Waals surface area contributed by atoms with Crippen LogP contribution < -0.4 is 5.32 Å². The zero-order chi connectivity index (χ0) is 15.1. The molecule has 2 rings (SSSR count). The summed E-state index contributed by atoms with van der Waals surface area (Å²) in [5.41, 5.74) is 0. The monoisotopic (exact) mass is 292 g/mol. The van der Waals surface area contributed by atoms with Crippen molar-refractivity contribution < 1.29 is 9.21 Å². The number of furan rings is 1. The van der Waals surface area contributed by atoms with Gasteiger partial charge in [-0.2, -0.15) is 0 Å². The third-order valence-electron chi connectivity index (χ3n) is 4.23. The van der Waals surface area contributed by atoms with Crippen LogP contribution >= 0.6 is 0 Å². The van der Waals surface area contributed by atoms with Crippen LogP contribution in [0.15, 0.2) is 22.8 Å². The Morgan fingerprint density at radius 2 is 2.00 bits per heavy atom. The minimum atomic E-state index is -0.102. The third-order valence-corrected chi connectivity index (χ3v) is 4.23. The number of hydrogen-bond acceptors (Lipinski definition) is 3. The van der Waals surface area contributed by atoms with Gasteiger partial charge in [0.15, 0.2) is 0 Å². The van der Waals surface area contributed by atoms with Gasteiger partial charge in [-0.1, -0.05) is 12.8 Å². The number of nitrogens with one attached hydrogen (secondary N) is 1. The lowest BCUT2D eigenvalue weighted by Gasteiger charge is -2.26. The molecule has 2 atom stereocenters. The summed E-state index contributed by atoms with van der Waals surface area (Å²) in [5, 5.41) is 3.43. The summed E-state index contributed by atoms with van der Waals surface area (Å²) in [7, 11) is 0. The lowest BCUT2D eigenvalue weighted by Crippen LogP contribution is -2.48. The van der Waals surface area contributed by atoms with Gasteiger partial charge in [0.25, 0.3) is 0 Å². The van der Waals surface area contributed by atoms with Gasteiger partial charge >= 0.3 is 0 Å². The van der Waals surface area contributed by atoms with E-state index in [-0.39, 0.29) is 11.9 Å². The van der Waals surface area contributed by atoms with Crippen LogP contribution in [0.25, 0.3) is 0 Å². The normalized spacial score (nSPS) is 19.0. The van der Waals surface area contributed by atoms with E-state index in [0.29, 0.717) is 6.04 Å². The van der Waals surface area contributed by atoms with E-state index in [4.69, 9.17) is 4.42 Å². The molecule has 2 unspecified atom stereocenters. The van der Waals surface area contributed by atoms with Crippen LogP contribution in [-0.2, 0) is 11.2 Å². The van der Waals surface area contributed by atoms with Gasteiger partial charge in [0, 0.05) is 25.6 Å². The van der Waals surface area contributed by atoms with E-state index < -0.39 is 0 Å². The largest absolute Gasteiger partial charge is 0.469 e. The molecule has 1 aliphatic heterocycles. The van der Waals surface area contributed by atoms with Crippen molar-refractivity contribution in [2.45, 2.75) is 64.5 Å². The van der Waals surface area contributed by atoms with Crippen molar-refractivity contribution in [2.24, 2.45) is 0 Å². The number of rotatable bonds is 6. The molecule has 0 aromatic carbocycles. The second-order valence-electron chi connectivity index (χ2n) is 6.15. The highest BCUT2D eigenvalue weighted by Crippen LogP contribution is 2.11. The van der Waals surface area contributed by atoms with Crippen molar-refractivity contribution in [3.8, 4) is 0 Å². The summed E-state index contributed by atoms with van der Waals surface area (Å²) in [4.78, 5) is 14.5. The molecule has 1 aromatic heterocycles. The average molecular weight is 292 g/mol. The van der Waals surface area contributed by atoms with Gasteiger partial charge in [-0.25, -0.2) is 0 Å². The molecule has 1 aromatic rings. The Kier molecular flexibility index (Phi) is 6.30. The molecule has 0 spiro atoms. The van der Waals surface area contributed by atoms with Crippen molar-refractivity contribution in [1.29, 1.82) is 0 Å². The van der Waals surface area contributed by atoms with E-state index in [2.05, 4.69) is 12.2 Å².